The molecule has 1 aromatic carbocycles. The van der Waals surface area contributed by atoms with Crippen LogP contribution in [0.15, 0.2) is 30.5 Å². The van der Waals surface area contributed by atoms with Gasteiger partial charge in [-0.15, -0.1) is 6.42 Å². The standard InChI is InChI=1S/C12H6F3N/c1-2-11-6-8-3-4-10(12(13,14)15)5-9(8)7-16-11/h1,3-7H. The van der Waals surface area contributed by atoms with Gasteiger partial charge in [-0.3, -0.25) is 0 Å². The number of aromatic nitrogens is 1. The summed E-state index contributed by atoms with van der Waals surface area (Å²) in [5.41, 5.74) is -0.275. The zero-order chi connectivity index (χ0) is 11.8. The summed E-state index contributed by atoms with van der Waals surface area (Å²) in [7, 11) is 0. The van der Waals surface area contributed by atoms with Gasteiger partial charge in [-0.05, 0) is 23.6 Å². The highest BCUT2D eigenvalue weighted by Crippen LogP contribution is 2.31. The number of halogens is 3. The van der Waals surface area contributed by atoms with Crippen LogP contribution in [-0.4, -0.2) is 4.98 Å². The molecule has 0 atom stereocenters. The summed E-state index contributed by atoms with van der Waals surface area (Å²) < 4.78 is 37.2. The lowest BCUT2D eigenvalue weighted by Gasteiger charge is -2.07. The minimum atomic E-state index is -4.33. The maximum Gasteiger partial charge on any atom is 0.416 e. The smallest absolute Gasteiger partial charge is 0.247 e. The fraction of sp³-hybridized carbons (Fsp3) is 0.0833. The molecule has 0 aliphatic rings. The van der Waals surface area contributed by atoms with Crippen molar-refractivity contribution in [1.82, 2.24) is 4.98 Å². The second-order valence-electron chi connectivity index (χ2n) is 3.27. The van der Waals surface area contributed by atoms with E-state index in [1.54, 1.807) is 6.07 Å². The van der Waals surface area contributed by atoms with Crippen LogP contribution in [0.25, 0.3) is 10.8 Å². The summed E-state index contributed by atoms with van der Waals surface area (Å²) in [5, 5.41) is 1.07. The van der Waals surface area contributed by atoms with Crippen LogP contribution in [0.1, 0.15) is 11.3 Å². The summed E-state index contributed by atoms with van der Waals surface area (Å²) in [5.74, 6) is 2.33. The Kier molecular flexibility index (Phi) is 2.31. The zero-order valence-corrected chi connectivity index (χ0v) is 8.05. The van der Waals surface area contributed by atoms with Crippen LogP contribution in [0.5, 0.6) is 0 Å². The molecule has 0 N–H and O–H groups in total. The van der Waals surface area contributed by atoms with Gasteiger partial charge >= 0.3 is 6.18 Å². The van der Waals surface area contributed by atoms with Crippen LogP contribution in [0.4, 0.5) is 13.2 Å². The number of pyridine rings is 1. The van der Waals surface area contributed by atoms with Crippen molar-refractivity contribution in [3.05, 3.63) is 41.7 Å². The highest BCUT2D eigenvalue weighted by Gasteiger charge is 2.30. The van der Waals surface area contributed by atoms with Crippen molar-refractivity contribution in [2.24, 2.45) is 0 Å². The van der Waals surface area contributed by atoms with Crippen LogP contribution in [0.2, 0.25) is 0 Å². The van der Waals surface area contributed by atoms with E-state index in [4.69, 9.17) is 6.42 Å². The number of nitrogens with zero attached hydrogens (tertiary/aromatic N) is 1. The highest BCUT2D eigenvalue weighted by atomic mass is 19.4. The van der Waals surface area contributed by atoms with Gasteiger partial charge < -0.3 is 0 Å². The maximum absolute atomic E-state index is 12.4. The van der Waals surface area contributed by atoms with E-state index in [1.165, 1.54) is 12.3 Å². The van der Waals surface area contributed by atoms with Gasteiger partial charge in [0.1, 0.15) is 5.69 Å². The predicted molar refractivity (Wildman–Crippen MR) is 54.7 cm³/mol. The monoisotopic (exact) mass is 221 g/mol. The molecule has 80 valence electrons. The topological polar surface area (TPSA) is 12.9 Å². The van der Waals surface area contributed by atoms with Crippen molar-refractivity contribution in [1.29, 1.82) is 0 Å². The van der Waals surface area contributed by atoms with E-state index in [1.807, 2.05) is 0 Å². The first-order valence-electron chi connectivity index (χ1n) is 4.44. The van der Waals surface area contributed by atoms with E-state index in [-0.39, 0.29) is 0 Å². The Morgan fingerprint density at radius 3 is 2.50 bits per heavy atom. The van der Waals surface area contributed by atoms with Gasteiger partial charge in [0.05, 0.1) is 5.56 Å². The fourth-order valence-corrected chi connectivity index (χ4v) is 1.40. The van der Waals surface area contributed by atoms with Crippen molar-refractivity contribution in [2.75, 3.05) is 0 Å². The summed E-state index contributed by atoms with van der Waals surface area (Å²) >= 11 is 0. The normalized spacial score (nSPS) is 11.4. The van der Waals surface area contributed by atoms with Crippen LogP contribution in [0.3, 0.4) is 0 Å². The Labute approximate surface area is 89.9 Å². The van der Waals surface area contributed by atoms with Gasteiger partial charge in [-0.1, -0.05) is 12.0 Å². The molecule has 0 spiro atoms. The minimum absolute atomic E-state index is 0.409. The average molecular weight is 221 g/mol. The van der Waals surface area contributed by atoms with Crippen LogP contribution >= 0.6 is 0 Å². The molecular weight excluding hydrogens is 215 g/mol. The quantitative estimate of drug-likeness (QED) is 0.622. The molecule has 0 fully saturated rings. The van der Waals surface area contributed by atoms with Crippen molar-refractivity contribution in [3.8, 4) is 12.3 Å². The minimum Gasteiger partial charge on any atom is -0.247 e. The Hall–Kier alpha value is -2.02. The molecule has 1 heterocycles. The van der Waals surface area contributed by atoms with Crippen LogP contribution < -0.4 is 0 Å². The summed E-state index contributed by atoms with van der Waals surface area (Å²) in [4.78, 5) is 3.85. The van der Waals surface area contributed by atoms with Gasteiger partial charge in [0.15, 0.2) is 0 Å². The Bertz CT molecular complexity index is 579. The zero-order valence-electron chi connectivity index (χ0n) is 8.05. The SMILES string of the molecule is C#Cc1cc2ccc(C(F)(F)F)cc2cn1. The third kappa shape index (κ3) is 1.84. The third-order valence-corrected chi connectivity index (χ3v) is 2.20. The first kappa shape index (κ1) is 10.5. The average Bonchev–Trinajstić information content (AvgIpc) is 2.26. The largest absolute Gasteiger partial charge is 0.416 e. The molecule has 0 radical (unpaired) electrons. The lowest BCUT2D eigenvalue weighted by molar-refractivity contribution is -0.137. The molecule has 0 aliphatic heterocycles. The Morgan fingerprint density at radius 1 is 1.12 bits per heavy atom. The molecule has 4 heteroatoms. The van der Waals surface area contributed by atoms with E-state index in [0.29, 0.717) is 16.5 Å². The predicted octanol–water partition coefficient (Wildman–Crippen LogP) is 3.23. The van der Waals surface area contributed by atoms with Gasteiger partial charge in [0, 0.05) is 11.6 Å². The number of hydrogen-bond acceptors (Lipinski definition) is 1. The van der Waals surface area contributed by atoms with Gasteiger partial charge in [-0.2, -0.15) is 13.2 Å². The van der Waals surface area contributed by atoms with Crippen LogP contribution in [0, 0.1) is 12.3 Å². The number of alkyl halides is 3. The second-order valence-corrected chi connectivity index (χ2v) is 3.27. The van der Waals surface area contributed by atoms with Crippen molar-refractivity contribution >= 4 is 10.8 Å². The molecule has 0 bridgehead atoms. The number of hydrogen-bond donors (Lipinski definition) is 0. The molecule has 2 aromatic rings. The number of benzene rings is 1. The molecule has 0 saturated carbocycles. The molecule has 0 aliphatic carbocycles. The highest BCUT2D eigenvalue weighted by molar-refractivity contribution is 5.83. The molecule has 16 heavy (non-hydrogen) atoms. The maximum atomic E-state index is 12.4. The lowest BCUT2D eigenvalue weighted by atomic mass is 10.1. The second kappa shape index (κ2) is 3.53. The Balaban J connectivity index is 2.62. The number of terminal acetylenes is 1. The van der Waals surface area contributed by atoms with Crippen LogP contribution in [-0.2, 0) is 6.18 Å². The van der Waals surface area contributed by atoms with Gasteiger partial charge in [0.25, 0.3) is 0 Å². The van der Waals surface area contributed by atoms with Crippen molar-refractivity contribution < 1.29 is 13.2 Å². The number of rotatable bonds is 0. The molecular formula is C12H6F3N. The van der Waals surface area contributed by atoms with E-state index >= 15 is 0 Å². The fourth-order valence-electron chi connectivity index (χ4n) is 1.40. The molecule has 1 aromatic heterocycles. The molecule has 1 nitrogen and oxygen atoms in total. The molecule has 2 rings (SSSR count). The summed E-state index contributed by atoms with van der Waals surface area (Å²) in [6, 6.07) is 5.06. The molecule has 0 saturated heterocycles. The van der Waals surface area contributed by atoms with E-state index < -0.39 is 11.7 Å². The molecule has 0 amide bonds. The van der Waals surface area contributed by atoms with E-state index in [0.717, 1.165) is 12.1 Å². The first-order valence-corrected chi connectivity index (χ1v) is 4.44. The molecule has 0 unspecified atom stereocenters. The van der Waals surface area contributed by atoms with Gasteiger partial charge in [0.2, 0.25) is 0 Å². The van der Waals surface area contributed by atoms with Crippen molar-refractivity contribution in [3.63, 3.8) is 0 Å². The van der Waals surface area contributed by atoms with E-state index in [9.17, 15) is 13.2 Å². The van der Waals surface area contributed by atoms with E-state index in [2.05, 4.69) is 10.9 Å². The van der Waals surface area contributed by atoms with Crippen molar-refractivity contribution in [2.45, 2.75) is 6.18 Å². The number of fused-ring (bicyclic) bond motifs is 1. The third-order valence-electron chi connectivity index (χ3n) is 2.20. The van der Waals surface area contributed by atoms with Gasteiger partial charge in [-0.25, -0.2) is 4.98 Å². The Morgan fingerprint density at radius 2 is 1.88 bits per heavy atom. The lowest BCUT2D eigenvalue weighted by Crippen LogP contribution is -2.04. The summed E-state index contributed by atoms with van der Waals surface area (Å²) in [6.07, 6.45) is 2.16. The summed E-state index contributed by atoms with van der Waals surface area (Å²) in [6.45, 7) is 0. The first-order chi connectivity index (χ1) is 7.50.